The van der Waals surface area contributed by atoms with Crippen LogP contribution in [0.2, 0.25) is 0 Å². The molecule has 0 aliphatic heterocycles. The van der Waals surface area contributed by atoms with Crippen LogP contribution in [0.15, 0.2) is 18.2 Å². The van der Waals surface area contributed by atoms with Gasteiger partial charge in [-0.25, -0.2) is 4.68 Å². The minimum atomic E-state index is 0.457. The molecule has 0 atom stereocenters. The number of hydrogen-bond acceptors (Lipinski definition) is 5. The van der Waals surface area contributed by atoms with Gasteiger partial charge in [-0.2, -0.15) is 0 Å². The maximum atomic E-state index is 6.01. The fourth-order valence-corrected chi connectivity index (χ4v) is 3.12. The van der Waals surface area contributed by atoms with Crippen LogP contribution in [0.3, 0.4) is 0 Å². The lowest BCUT2D eigenvalue weighted by atomic mass is 10.1. The lowest BCUT2D eigenvalue weighted by Gasteiger charge is -2.17. The first kappa shape index (κ1) is 12.6. The van der Waals surface area contributed by atoms with Crippen molar-refractivity contribution in [3.63, 3.8) is 0 Å². The van der Waals surface area contributed by atoms with E-state index in [1.807, 2.05) is 22.9 Å². The smallest absolute Gasteiger partial charge is 0.182 e. The molecular weight excluding hydrogens is 266 g/mol. The molecule has 0 bridgehead atoms. The van der Waals surface area contributed by atoms with Crippen molar-refractivity contribution in [1.29, 1.82) is 0 Å². The molecule has 4 rings (SSSR count). The second kappa shape index (κ2) is 4.72. The summed E-state index contributed by atoms with van der Waals surface area (Å²) in [4.78, 5) is 0. The van der Waals surface area contributed by atoms with Gasteiger partial charge in [0.25, 0.3) is 0 Å². The summed E-state index contributed by atoms with van der Waals surface area (Å²) in [5, 5.41) is 12.4. The third kappa shape index (κ3) is 2.24. The van der Waals surface area contributed by atoms with Crippen molar-refractivity contribution in [2.45, 2.75) is 31.7 Å². The molecule has 0 radical (unpaired) electrons. The molecule has 0 saturated heterocycles. The number of rotatable bonds is 5. The molecule has 2 N–H and O–H groups in total. The first-order valence-corrected chi connectivity index (χ1v) is 7.49. The minimum absolute atomic E-state index is 0.457. The SMILES string of the molecule is COc1ccc(-c2nnnn2C(C2CC2)C2CC2)cc1N. The Balaban J connectivity index is 1.72. The molecule has 2 fully saturated rings. The topological polar surface area (TPSA) is 78.9 Å². The third-order valence-corrected chi connectivity index (χ3v) is 4.47. The second-order valence-electron chi connectivity index (χ2n) is 6.07. The lowest BCUT2D eigenvalue weighted by Crippen LogP contribution is -2.16. The Bertz CT molecular complexity index is 648. The number of tetrazole rings is 1. The van der Waals surface area contributed by atoms with E-state index < -0.39 is 0 Å². The molecule has 6 heteroatoms. The summed E-state index contributed by atoms with van der Waals surface area (Å²) in [7, 11) is 1.62. The van der Waals surface area contributed by atoms with Crippen LogP contribution in [0.25, 0.3) is 11.4 Å². The maximum Gasteiger partial charge on any atom is 0.182 e. The van der Waals surface area contributed by atoms with E-state index in [1.165, 1.54) is 25.7 Å². The van der Waals surface area contributed by atoms with Crippen LogP contribution in [0, 0.1) is 11.8 Å². The zero-order valence-corrected chi connectivity index (χ0v) is 12.1. The summed E-state index contributed by atoms with van der Waals surface area (Å²) >= 11 is 0. The van der Waals surface area contributed by atoms with Gasteiger partial charge in [-0.15, -0.1) is 5.10 Å². The highest BCUT2D eigenvalue weighted by Crippen LogP contribution is 2.52. The second-order valence-corrected chi connectivity index (χ2v) is 6.07. The zero-order chi connectivity index (χ0) is 14.4. The fraction of sp³-hybridized carbons (Fsp3) is 0.533. The number of nitrogens with zero attached hydrogens (tertiary/aromatic N) is 4. The Morgan fingerprint density at radius 1 is 1.24 bits per heavy atom. The molecule has 1 heterocycles. The van der Waals surface area contributed by atoms with E-state index in [2.05, 4.69) is 15.5 Å². The zero-order valence-electron chi connectivity index (χ0n) is 12.1. The number of hydrogen-bond donors (Lipinski definition) is 1. The van der Waals surface area contributed by atoms with Crippen LogP contribution in [0.4, 0.5) is 5.69 Å². The molecule has 110 valence electrons. The number of nitrogen functional groups attached to an aromatic ring is 1. The van der Waals surface area contributed by atoms with Gasteiger partial charge in [-0.1, -0.05) is 0 Å². The van der Waals surface area contributed by atoms with Gasteiger partial charge < -0.3 is 10.5 Å². The van der Waals surface area contributed by atoms with Gasteiger partial charge in [-0.05, 0) is 66.1 Å². The average Bonchev–Trinajstić information content (AvgIpc) is 3.40. The van der Waals surface area contributed by atoms with Crippen molar-refractivity contribution in [1.82, 2.24) is 20.2 Å². The van der Waals surface area contributed by atoms with Gasteiger partial charge in [0.15, 0.2) is 5.82 Å². The Morgan fingerprint density at radius 2 is 1.95 bits per heavy atom. The number of anilines is 1. The van der Waals surface area contributed by atoms with Crippen molar-refractivity contribution in [2.75, 3.05) is 12.8 Å². The Labute approximate surface area is 123 Å². The summed E-state index contributed by atoms with van der Waals surface area (Å²) in [6.45, 7) is 0. The van der Waals surface area contributed by atoms with Crippen LogP contribution in [0.5, 0.6) is 5.75 Å². The molecule has 0 unspecified atom stereocenters. The number of aromatic nitrogens is 4. The number of ether oxygens (including phenoxy) is 1. The molecule has 2 aliphatic rings. The predicted molar refractivity (Wildman–Crippen MR) is 78.7 cm³/mol. The third-order valence-electron chi connectivity index (χ3n) is 4.47. The number of nitrogens with two attached hydrogens (primary N) is 1. The van der Waals surface area contributed by atoms with Crippen LogP contribution >= 0.6 is 0 Å². The van der Waals surface area contributed by atoms with E-state index in [4.69, 9.17) is 10.5 Å². The van der Waals surface area contributed by atoms with Gasteiger partial charge in [-0.3, -0.25) is 0 Å². The van der Waals surface area contributed by atoms with Crippen LogP contribution < -0.4 is 10.5 Å². The van der Waals surface area contributed by atoms with E-state index in [0.29, 0.717) is 17.5 Å². The molecule has 2 aliphatic carbocycles. The summed E-state index contributed by atoms with van der Waals surface area (Å²) in [6, 6.07) is 6.18. The quantitative estimate of drug-likeness (QED) is 0.853. The first-order chi connectivity index (χ1) is 10.3. The normalized spacial score (nSPS) is 18.2. The van der Waals surface area contributed by atoms with E-state index in [-0.39, 0.29) is 0 Å². The number of methoxy groups -OCH3 is 1. The predicted octanol–water partition coefficient (Wildman–Crippen LogP) is 2.29. The largest absolute Gasteiger partial charge is 0.495 e. The van der Waals surface area contributed by atoms with Crippen molar-refractivity contribution < 1.29 is 4.74 Å². The standard InChI is InChI=1S/C15H19N5O/c1-21-13-7-6-11(8-12(13)16)15-17-18-19-20(15)14(9-2-3-9)10-4-5-10/h6-10,14H,2-5,16H2,1H3. The molecule has 2 aromatic rings. The lowest BCUT2D eigenvalue weighted by molar-refractivity contribution is 0.357. The molecule has 1 aromatic carbocycles. The Morgan fingerprint density at radius 3 is 2.52 bits per heavy atom. The van der Waals surface area contributed by atoms with Gasteiger partial charge in [0.1, 0.15) is 5.75 Å². The highest BCUT2D eigenvalue weighted by atomic mass is 16.5. The van der Waals surface area contributed by atoms with Gasteiger partial charge in [0, 0.05) is 5.56 Å². The Hall–Kier alpha value is -2.11. The van der Waals surface area contributed by atoms with Crippen molar-refractivity contribution >= 4 is 5.69 Å². The molecule has 0 spiro atoms. The van der Waals surface area contributed by atoms with Crippen LogP contribution in [-0.4, -0.2) is 27.3 Å². The highest BCUT2D eigenvalue weighted by molar-refractivity contribution is 5.66. The van der Waals surface area contributed by atoms with Crippen molar-refractivity contribution in [3.05, 3.63) is 18.2 Å². The summed E-state index contributed by atoms with van der Waals surface area (Å²) in [5.41, 5.74) is 7.56. The van der Waals surface area contributed by atoms with Crippen molar-refractivity contribution in [2.24, 2.45) is 11.8 Å². The van der Waals surface area contributed by atoms with Gasteiger partial charge in [0.05, 0.1) is 18.8 Å². The number of benzene rings is 1. The summed E-state index contributed by atoms with van der Waals surface area (Å²) < 4.78 is 7.23. The molecule has 0 amide bonds. The monoisotopic (exact) mass is 285 g/mol. The Kier molecular flexibility index (Phi) is 2.83. The van der Waals surface area contributed by atoms with Gasteiger partial charge in [0.2, 0.25) is 0 Å². The van der Waals surface area contributed by atoms with Gasteiger partial charge >= 0.3 is 0 Å². The molecule has 1 aromatic heterocycles. The van der Waals surface area contributed by atoms with E-state index in [0.717, 1.165) is 23.2 Å². The molecular formula is C15H19N5O. The molecule has 2 saturated carbocycles. The first-order valence-electron chi connectivity index (χ1n) is 7.49. The van der Waals surface area contributed by atoms with Crippen molar-refractivity contribution in [3.8, 4) is 17.1 Å². The molecule has 6 nitrogen and oxygen atoms in total. The average molecular weight is 285 g/mol. The minimum Gasteiger partial charge on any atom is -0.495 e. The van der Waals surface area contributed by atoms with Crippen LogP contribution in [-0.2, 0) is 0 Å². The van der Waals surface area contributed by atoms with E-state index >= 15 is 0 Å². The highest BCUT2D eigenvalue weighted by Gasteiger charge is 2.44. The maximum absolute atomic E-state index is 6.01. The fourth-order valence-electron chi connectivity index (χ4n) is 3.12. The summed E-state index contributed by atoms with van der Waals surface area (Å²) in [5.74, 6) is 2.98. The summed E-state index contributed by atoms with van der Waals surface area (Å²) in [6.07, 6.45) is 5.19. The van der Waals surface area contributed by atoms with E-state index in [9.17, 15) is 0 Å². The van der Waals surface area contributed by atoms with E-state index in [1.54, 1.807) is 7.11 Å². The molecule has 21 heavy (non-hydrogen) atoms. The van der Waals surface area contributed by atoms with Crippen LogP contribution in [0.1, 0.15) is 31.7 Å².